The van der Waals surface area contributed by atoms with Crippen LogP contribution in [0.15, 0.2) is 24.3 Å². The fourth-order valence-electron chi connectivity index (χ4n) is 6.78. The third-order valence-electron chi connectivity index (χ3n) is 10.1. The lowest BCUT2D eigenvalue weighted by Gasteiger charge is -2.18. The van der Waals surface area contributed by atoms with Crippen LogP contribution < -0.4 is 5.32 Å². The zero-order valence-electron chi connectivity index (χ0n) is 34.4. The predicted octanol–water partition coefficient (Wildman–Crippen LogP) is 13.9. The Morgan fingerprint density at radius 3 is 1.37 bits per heavy atom. The SMILES string of the molecule is CCCCC/C=C\C/C=C\CCCCCCCCCCCC(=O)OC(CCCCCCCCCCCCC)CCCCCCCC(=O)NCC(=O)O. The average Bonchev–Trinajstić information content (AvgIpc) is 3.13. The zero-order chi connectivity index (χ0) is 38.0. The predicted molar refractivity (Wildman–Crippen MR) is 222 cm³/mol. The van der Waals surface area contributed by atoms with Crippen molar-refractivity contribution < 1.29 is 24.2 Å². The molecule has 0 aliphatic carbocycles. The molecule has 0 bridgehead atoms. The molecule has 1 unspecified atom stereocenters. The lowest BCUT2D eigenvalue weighted by atomic mass is 10.0. The summed E-state index contributed by atoms with van der Waals surface area (Å²) in [6.45, 7) is 4.21. The van der Waals surface area contributed by atoms with E-state index in [0.29, 0.717) is 12.8 Å². The summed E-state index contributed by atoms with van der Waals surface area (Å²) in [5, 5.41) is 11.1. The molecule has 0 heterocycles. The Morgan fingerprint density at radius 1 is 0.500 bits per heavy atom. The molecule has 0 aromatic heterocycles. The van der Waals surface area contributed by atoms with Crippen molar-refractivity contribution in [3.05, 3.63) is 24.3 Å². The van der Waals surface area contributed by atoms with Crippen molar-refractivity contribution in [2.45, 2.75) is 245 Å². The van der Waals surface area contributed by atoms with Crippen molar-refractivity contribution in [3.63, 3.8) is 0 Å². The van der Waals surface area contributed by atoms with Crippen molar-refractivity contribution in [3.8, 4) is 0 Å². The number of hydrogen-bond donors (Lipinski definition) is 2. The van der Waals surface area contributed by atoms with Crippen LogP contribution in [0.25, 0.3) is 0 Å². The molecule has 304 valence electrons. The van der Waals surface area contributed by atoms with Gasteiger partial charge in [-0.1, -0.05) is 179 Å². The highest BCUT2D eigenvalue weighted by Crippen LogP contribution is 2.19. The first-order valence-corrected chi connectivity index (χ1v) is 22.5. The number of allylic oxidation sites excluding steroid dienone is 4. The Kier molecular flexibility index (Phi) is 40.0. The Morgan fingerprint density at radius 2 is 0.885 bits per heavy atom. The number of carbonyl (C=O) groups is 3. The Hall–Kier alpha value is -2.11. The van der Waals surface area contributed by atoms with E-state index in [9.17, 15) is 14.4 Å². The van der Waals surface area contributed by atoms with Crippen LogP contribution in [-0.2, 0) is 19.1 Å². The molecule has 0 radical (unpaired) electrons. The normalized spacial score (nSPS) is 12.2. The first kappa shape index (κ1) is 49.9. The highest BCUT2D eigenvalue weighted by atomic mass is 16.5. The smallest absolute Gasteiger partial charge is 0.322 e. The van der Waals surface area contributed by atoms with Gasteiger partial charge in [0, 0.05) is 12.8 Å². The number of unbranched alkanes of at least 4 members (excludes halogenated alkanes) is 26. The number of nitrogens with one attached hydrogen (secondary N) is 1. The summed E-state index contributed by atoms with van der Waals surface area (Å²) in [5.74, 6) is -1.22. The summed E-state index contributed by atoms with van der Waals surface area (Å²) in [6, 6.07) is 0. The number of amides is 1. The monoisotopic (exact) mass is 732 g/mol. The van der Waals surface area contributed by atoms with Gasteiger partial charge in [0.2, 0.25) is 5.91 Å². The minimum atomic E-state index is -1.01. The van der Waals surface area contributed by atoms with Gasteiger partial charge in [-0.2, -0.15) is 0 Å². The average molecular weight is 732 g/mol. The molecular formula is C46H85NO5. The number of ether oxygens (including phenoxy) is 1. The second kappa shape index (κ2) is 41.6. The largest absolute Gasteiger partial charge is 0.480 e. The van der Waals surface area contributed by atoms with Gasteiger partial charge in [-0.25, -0.2) is 0 Å². The fourth-order valence-corrected chi connectivity index (χ4v) is 6.78. The second-order valence-corrected chi connectivity index (χ2v) is 15.3. The van der Waals surface area contributed by atoms with Gasteiger partial charge in [-0.15, -0.1) is 0 Å². The molecular weight excluding hydrogens is 647 g/mol. The summed E-state index contributed by atoms with van der Waals surface area (Å²) in [6.07, 6.45) is 50.2. The van der Waals surface area contributed by atoms with Gasteiger partial charge in [-0.05, 0) is 70.6 Å². The summed E-state index contributed by atoms with van der Waals surface area (Å²) in [7, 11) is 0. The van der Waals surface area contributed by atoms with E-state index in [2.05, 4.69) is 43.5 Å². The molecule has 0 saturated heterocycles. The van der Waals surface area contributed by atoms with Crippen LogP contribution in [0.1, 0.15) is 239 Å². The molecule has 0 aromatic carbocycles. The Labute approximate surface area is 322 Å². The zero-order valence-corrected chi connectivity index (χ0v) is 34.4. The van der Waals surface area contributed by atoms with Crippen LogP contribution in [0.3, 0.4) is 0 Å². The van der Waals surface area contributed by atoms with E-state index in [0.717, 1.165) is 70.6 Å². The summed E-state index contributed by atoms with van der Waals surface area (Å²) in [5.41, 5.74) is 0. The van der Waals surface area contributed by atoms with Crippen LogP contribution in [0.5, 0.6) is 0 Å². The number of aliphatic carboxylic acids is 1. The van der Waals surface area contributed by atoms with Crippen molar-refractivity contribution in [2.75, 3.05) is 6.54 Å². The molecule has 0 aliphatic heterocycles. The van der Waals surface area contributed by atoms with E-state index in [1.807, 2.05) is 0 Å². The Balaban J connectivity index is 4.08. The number of carboxylic acid groups (broad SMARTS) is 1. The van der Waals surface area contributed by atoms with Gasteiger partial charge >= 0.3 is 11.9 Å². The molecule has 52 heavy (non-hydrogen) atoms. The topological polar surface area (TPSA) is 92.7 Å². The van der Waals surface area contributed by atoms with Crippen LogP contribution in [0.4, 0.5) is 0 Å². The van der Waals surface area contributed by atoms with Crippen molar-refractivity contribution in [1.29, 1.82) is 0 Å². The van der Waals surface area contributed by atoms with Gasteiger partial charge in [0.15, 0.2) is 0 Å². The summed E-state index contributed by atoms with van der Waals surface area (Å²) < 4.78 is 6.04. The van der Waals surface area contributed by atoms with E-state index in [1.165, 1.54) is 141 Å². The maximum atomic E-state index is 12.8. The lowest BCUT2D eigenvalue weighted by molar-refractivity contribution is -0.150. The fraction of sp³-hybridized carbons (Fsp3) is 0.848. The number of esters is 1. The van der Waals surface area contributed by atoms with E-state index < -0.39 is 5.97 Å². The molecule has 0 rings (SSSR count). The molecule has 6 heteroatoms. The number of carboxylic acids is 1. The van der Waals surface area contributed by atoms with Gasteiger partial charge in [0.25, 0.3) is 0 Å². The molecule has 0 spiro atoms. The summed E-state index contributed by atoms with van der Waals surface area (Å²) >= 11 is 0. The lowest BCUT2D eigenvalue weighted by Crippen LogP contribution is -2.28. The third-order valence-corrected chi connectivity index (χ3v) is 10.1. The van der Waals surface area contributed by atoms with Crippen LogP contribution >= 0.6 is 0 Å². The molecule has 0 saturated carbocycles. The van der Waals surface area contributed by atoms with Gasteiger partial charge in [0.05, 0.1) is 0 Å². The summed E-state index contributed by atoms with van der Waals surface area (Å²) in [4.78, 5) is 35.0. The van der Waals surface area contributed by atoms with E-state index >= 15 is 0 Å². The first-order valence-electron chi connectivity index (χ1n) is 22.5. The van der Waals surface area contributed by atoms with Crippen molar-refractivity contribution in [1.82, 2.24) is 5.32 Å². The minimum absolute atomic E-state index is 0.0162. The molecule has 1 atom stereocenters. The number of hydrogen-bond acceptors (Lipinski definition) is 4. The maximum absolute atomic E-state index is 12.8. The molecule has 0 aliphatic rings. The third kappa shape index (κ3) is 40.7. The van der Waals surface area contributed by atoms with Gasteiger partial charge in [-0.3, -0.25) is 14.4 Å². The molecule has 1 amide bonds. The molecule has 6 nitrogen and oxygen atoms in total. The van der Waals surface area contributed by atoms with Gasteiger partial charge < -0.3 is 15.2 Å². The first-order chi connectivity index (χ1) is 25.5. The Bertz CT molecular complexity index is 854. The van der Waals surface area contributed by atoms with Crippen molar-refractivity contribution in [2.24, 2.45) is 0 Å². The second-order valence-electron chi connectivity index (χ2n) is 15.3. The van der Waals surface area contributed by atoms with Gasteiger partial charge in [0.1, 0.15) is 12.6 Å². The molecule has 0 fully saturated rings. The van der Waals surface area contributed by atoms with E-state index in [1.54, 1.807) is 0 Å². The molecule has 0 aromatic rings. The van der Waals surface area contributed by atoms with E-state index in [4.69, 9.17) is 9.84 Å². The number of rotatable bonds is 41. The van der Waals surface area contributed by atoms with Crippen molar-refractivity contribution >= 4 is 17.8 Å². The molecule has 2 N–H and O–H groups in total. The van der Waals surface area contributed by atoms with Crippen LogP contribution in [0.2, 0.25) is 0 Å². The standard InChI is InChI=1S/C46H85NO5/c1-3-5-7-9-11-13-15-16-17-18-19-20-21-22-24-26-28-33-37-41-46(51)52-43(38-34-30-27-25-23-14-12-10-8-6-4-2)39-35-31-29-32-36-40-44(48)47-42-45(49)50/h11,13,16-17,43H,3-10,12,14-15,18-42H2,1-2H3,(H,47,48)(H,49,50)/b13-11-,17-16-. The van der Waals surface area contributed by atoms with Crippen LogP contribution in [0, 0.1) is 0 Å². The highest BCUT2D eigenvalue weighted by molar-refractivity contribution is 5.80. The van der Waals surface area contributed by atoms with Crippen LogP contribution in [-0.4, -0.2) is 35.6 Å². The quantitative estimate of drug-likeness (QED) is 0.0371. The maximum Gasteiger partial charge on any atom is 0.322 e. The van der Waals surface area contributed by atoms with E-state index in [-0.39, 0.29) is 24.5 Å². The number of carbonyl (C=O) groups excluding carboxylic acids is 2. The highest BCUT2D eigenvalue weighted by Gasteiger charge is 2.14. The minimum Gasteiger partial charge on any atom is -0.480 e.